The monoisotopic (exact) mass is 354 g/mol. The molecule has 3 rings (SSSR count). The van der Waals surface area contributed by atoms with E-state index in [9.17, 15) is 9.59 Å². The first kappa shape index (κ1) is 17.3. The van der Waals surface area contributed by atoms with Gasteiger partial charge in [0, 0.05) is 37.2 Å². The van der Waals surface area contributed by atoms with E-state index in [0.29, 0.717) is 35.1 Å². The molecule has 26 heavy (non-hydrogen) atoms. The summed E-state index contributed by atoms with van der Waals surface area (Å²) >= 11 is 0. The third-order valence-corrected chi connectivity index (χ3v) is 3.55. The predicted molar refractivity (Wildman–Crippen MR) is 95.0 cm³/mol. The second-order valence-corrected chi connectivity index (χ2v) is 5.57. The normalized spacial score (nSPS) is 10.5. The summed E-state index contributed by atoms with van der Waals surface area (Å²) in [5.41, 5.74) is 1.81. The van der Waals surface area contributed by atoms with Gasteiger partial charge in [-0.2, -0.15) is 4.52 Å². The van der Waals surface area contributed by atoms with Gasteiger partial charge >= 0.3 is 0 Å². The number of methoxy groups -OCH3 is 1. The van der Waals surface area contributed by atoms with Gasteiger partial charge in [0.05, 0.1) is 7.11 Å². The van der Waals surface area contributed by atoms with Crippen LogP contribution in [0.25, 0.3) is 5.65 Å². The topological polar surface area (TPSA) is 111 Å². The highest BCUT2D eigenvalue weighted by Gasteiger charge is 2.11. The van der Waals surface area contributed by atoms with Crippen LogP contribution in [0.15, 0.2) is 36.4 Å². The summed E-state index contributed by atoms with van der Waals surface area (Å²) in [7, 11) is 1.53. The molecule has 0 saturated carbocycles. The van der Waals surface area contributed by atoms with Crippen LogP contribution < -0.4 is 15.4 Å². The van der Waals surface area contributed by atoms with Crippen LogP contribution in [0.1, 0.15) is 19.2 Å². The summed E-state index contributed by atoms with van der Waals surface area (Å²) in [5, 5.41) is 17.8. The highest BCUT2D eigenvalue weighted by molar-refractivity contribution is 5.93. The van der Waals surface area contributed by atoms with E-state index in [1.165, 1.54) is 14.0 Å². The molecule has 0 bridgehead atoms. The first-order chi connectivity index (χ1) is 12.5. The lowest BCUT2D eigenvalue weighted by Gasteiger charge is -2.07. The molecule has 0 aliphatic rings. The number of nitrogens with zero attached hydrogens (tertiary/aromatic N) is 4. The van der Waals surface area contributed by atoms with E-state index in [0.717, 1.165) is 0 Å². The highest BCUT2D eigenvalue weighted by atomic mass is 16.5. The molecule has 0 atom stereocenters. The molecule has 2 amide bonds. The van der Waals surface area contributed by atoms with Crippen molar-refractivity contribution in [3.8, 4) is 5.88 Å². The summed E-state index contributed by atoms with van der Waals surface area (Å²) in [6.07, 6.45) is 0.586. The fourth-order valence-electron chi connectivity index (χ4n) is 2.41. The Labute approximate surface area is 149 Å². The Morgan fingerprint density at radius 3 is 2.62 bits per heavy atom. The van der Waals surface area contributed by atoms with E-state index in [-0.39, 0.29) is 18.2 Å². The molecule has 2 N–H and O–H groups in total. The molecule has 1 aromatic carbocycles. The lowest BCUT2D eigenvalue weighted by atomic mass is 10.2. The van der Waals surface area contributed by atoms with Crippen molar-refractivity contribution < 1.29 is 14.3 Å². The maximum atomic E-state index is 12.2. The zero-order valence-corrected chi connectivity index (χ0v) is 14.4. The first-order valence-electron chi connectivity index (χ1n) is 7.98. The van der Waals surface area contributed by atoms with Crippen LogP contribution in [0.5, 0.6) is 5.88 Å². The van der Waals surface area contributed by atoms with Crippen molar-refractivity contribution >= 4 is 28.8 Å². The summed E-state index contributed by atoms with van der Waals surface area (Å²) in [5.74, 6) is 0.665. The molecule has 0 radical (unpaired) electrons. The smallest absolute Gasteiger partial charge is 0.231 e. The van der Waals surface area contributed by atoms with Crippen LogP contribution in [-0.2, 0) is 16.0 Å². The number of benzene rings is 1. The number of rotatable bonds is 6. The van der Waals surface area contributed by atoms with E-state index in [4.69, 9.17) is 4.74 Å². The Kier molecular flexibility index (Phi) is 5.07. The van der Waals surface area contributed by atoms with Gasteiger partial charge in [-0.1, -0.05) is 6.07 Å². The summed E-state index contributed by atoms with van der Waals surface area (Å²) in [6, 6.07) is 10.4. The van der Waals surface area contributed by atoms with Gasteiger partial charge in [-0.25, -0.2) is 0 Å². The minimum atomic E-state index is -0.176. The zero-order valence-electron chi connectivity index (χ0n) is 14.4. The van der Waals surface area contributed by atoms with Crippen LogP contribution in [0, 0.1) is 0 Å². The average Bonchev–Trinajstić information content (AvgIpc) is 3.01. The maximum Gasteiger partial charge on any atom is 0.231 e. The zero-order chi connectivity index (χ0) is 18.5. The van der Waals surface area contributed by atoms with Crippen LogP contribution in [0.3, 0.4) is 0 Å². The summed E-state index contributed by atoms with van der Waals surface area (Å²) in [4.78, 5) is 23.3. The Morgan fingerprint density at radius 2 is 1.88 bits per heavy atom. The number of aryl methyl sites for hydroxylation is 1. The van der Waals surface area contributed by atoms with Gasteiger partial charge in [0.1, 0.15) is 0 Å². The quantitative estimate of drug-likeness (QED) is 0.696. The molecule has 0 fully saturated rings. The largest absolute Gasteiger partial charge is 0.480 e. The second-order valence-electron chi connectivity index (χ2n) is 5.57. The van der Waals surface area contributed by atoms with Crippen LogP contribution in [0.4, 0.5) is 11.4 Å². The third kappa shape index (κ3) is 4.12. The fourth-order valence-corrected chi connectivity index (χ4v) is 2.41. The van der Waals surface area contributed by atoms with Gasteiger partial charge in [0.25, 0.3) is 0 Å². The standard InChI is InChI=1S/C17H18N6O3/c1-11(24)18-12-4-3-5-13(10-12)19-16(25)8-6-14-20-21-15-7-9-17(26-2)22-23(14)15/h3-5,7,9-10H,6,8H2,1-2H3,(H,18,24)(H,19,25). The highest BCUT2D eigenvalue weighted by Crippen LogP contribution is 2.16. The van der Waals surface area contributed by atoms with Gasteiger partial charge in [-0.3, -0.25) is 9.59 Å². The van der Waals surface area contributed by atoms with Crippen molar-refractivity contribution in [2.45, 2.75) is 19.8 Å². The molecule has 0 aliphatic heterocycles. The van der Waals surface area contributed by atoms with E-state index >= 15 is 0 Å². The van der Waals surface area contributed by atoms with Crippen molar-refractivity contribution in [2.75, 3.05) is 17.7 Å². The van der Waals surface area contributed by atoms with Gasteiger partial charge < -0.3 is 15.4 Å². The van der Waals surface area contributed by atoms with Gasteiger partial charge in [-0.15, -0.1) is 15.3 Å². The van der Waals surface area contributed by atoms with Gasteiger partial charge in [0.2, 0.25) is 17.7 Å². The molecule has 3 aromatic rings. The lowest BCUT2D eigenvalue weighted by Crippen LogP contribution is -2.14. The molecule has 0 unspecified atom stereocenters. The molecular formula is C17H18N6O3. The number of amides is 2. The van der Waals surface area contributed by atoms with Gasteiger partial charge in [-0.05, 0) is 24.3 Å². The second kappa shape index (κ2) is 7.60. The average molecular weight is 354 g/mol. The van der Waals surface area contributed by atoms with Crippen molar-refractivity contribution in [2.24, 2.45) is 0 Å². The number of hydrogen-bond acceptors (Lipinski definition) is 6. The molecule has 9 heteroatoms. The van der Waals surface area contributed by atoms with Crippen molar-refractivity contribution in [1.82, 2.24) is 19.8 Å². The molecule has 9 nitrogen and oxygen atoms in total. The van der Waals surface area contributed by atoms with E-state index < -0.39 is 0 Å². The van der Waals surface area contributed by atoms with Crippen LogP contribution >= 0.6 is 0 Å². The number of hydrogen-bond donors (Lipinski definition) is 2. The SMILES string of the molecule is COc1ccc2nnc(CCC(=O)Nc3cccc(NC(C)=O)c3)n2n1. The van der Waals surface area contributed by atoms with Crippen molar-refractivity contribution in [3.05, 3.63) is 42.2 Å². The summed E-state index contributed by atoms with van der Waals surface area (Å²) < 4.78 is 6.65. The van der Waals surface area contributed by atoms with Crippen LogP contribution in [-0.4, -0.2) is 38.7 Å². The molecule has 2 heterocycles. The Hall–Kier alpha value is -3.49. The summed E-state index contributed by atoms with van der Waals surface area (Å²) in [6.45, 7) is 1.43. The fraction of sp³-hybridized carbons (Fsp3) is 0.235. The number of fused-ring (bicyclic) bond motifs is 1. The lowest BCUT2D eigenvalue weighted by molar-refractivity contribution is -0.116. The number of carbonyl (C=O) groups is 2. The predicted octanol–water partition coefficient (Wildman–Crippen LogP) is 1.66. The number of aromatic nitrogens is 4. The molecular weight excluding hydrogens is 336 g/mol. The molecule has 0 spiro atoms. The van der Waals surface area contributed by atoms with Crippen LogP contribution in [0.2, 0.25) is 0 Å². The molecule has 0 aliphatic carbocycles. The minimum absolute atomic E-state index is 0.171. The van der Waals surface area contributed by atoms with E-state index in [1.807, 2.05) is 0 Å². The Bertz CT molecular complexity index is 953. The molecule has 2 aromatic heterocycles. The number of ether oxygens (including phenoxy) is 1. The minimum Gasteiger partial charge on any atom is -0.480 e. The maximum absolute atomic E-state index is 12.2. The Morgan fingerprint density at radius 1 is 1.12 bits per heavy atom. The van der Waals surface area contributed by atoms with Gasteiger partial charge in [0.15, 0.2) is 11.5 Å². The molecule has 0 saturated heterocycles. The number of anilines is 2. The van der Waals surface area contributed by atoms with E-state index in [2.05, 4.69) is 25.9 Å². The first-order valence-corrected chi connectivity index (χ1v) is 7.98. The number of nitrogens with one attached hydrogen (secondary N) is 2. The Balaban J connectivity index is 1.63. The third-order valence-electron chi connectivity index (χ3n) is 3.55. The van der Waals surface area contributed by atoms with Crippen molar-refractivity contribution in [3.63, 3.8) is 0 Å². The number of carbonyl (C=O) groups excluding carboxylic acids is 2. The van der Waals surface area contributed by atoms with E-state index in [1.54, 1.807) is 40.9 Å². The van der Waals surface area contributed by atoms with Crippen molar-refractivity contribution in [1.29, 1.82) is 0 Å². The molecule has 134 valence electrons.